The average Bonchev–Trinajstić information content (AvgIpc) is 2.75. The second-order valence-corrected chi connectivity index (χ2v) is 8.34. The third-order valence-corrected chi connectivity index (χ3v) is 5.56. The monoisotopic (exact) mass is 399 g/mol. The van der Waals surface area contributed by atoms with Gasteiger partial charge in [0.15, 0.2) is 0 Å². The van der Waals surface area contributed by atoms with E-state index in [1.54, 1.807) is 6.08 Å². The van der Waals surface area contributed by atoms with E-state index in [2.05, 4.69) is 12.2 Å². The van der Waals surface area contributed by atoms with Crippen LogP contribution in [-0.4, -0.2) is 12.5 Å². The summed E-state index contributed by atoms with van der Waals surface area (Å²) in [4.78, 5) is 11.8. The predicted octanol–water partition coefficient (Wildman–Crippen LogP) is 8.08. The lowest BCUT2D eigenvalue weighted by Gasteiger charge is -2.04. The minimum absolute atomic E-state index is 0.00909. The zero-order valence-electron chi connectivity index (χ0n) is 19.0. The Morgan fingerprint density at radius 2 is 1.14 bits per heavy atom. The van der Waals surface area contributed by atoms with Gasteiger partial charge in [0.1, 0.15) is 0 Å². The number of unbranched alkanes of at least 4 members (excludes halogenated alkanes) is 15. The number of hydrogen-bond acceptors (Lipinski definition) is 1. The van der Waals surface area contributed by atoms with Crippen LogP contribution in [0.25, 0.3) is 6.08 Å². The Balaban J connectivity index is 1.78. The first-order chi connectivity index (χ1) is 14.3. The van der Waals surface area contributed by atoms with Crippen molar-refractivity contribution in [1.29, 1.82) is 0 Å². The molecule has 0 aromatic heterocycles. The molecule has 1 rings (SSSR count). The highest BCUT2D eigenvalue weighted by molar-refractivity contribution is 5.91. The molecule has 0 fully saturated rings. The molecule has 164 valence electrons. The summed E-state index contributed by atoms with van der Waals surface area (Å²) < 4.78 is 0. The van der Waals surface area contributed by atoms with E-state index in [0.717, 1.165) is 18.5 Å². The van der Waals surface area contributed by atoms with E-state index in [1.807, 2.05) is 36.4 Å². The van der Waals surface area contributed by atoms with Gasteiger partial charge in [0, 0.05) is 12.6 Å². The van der Waals surface area contributed by atoms with Gasteiger partial charge in [-0.05, 0) is 18.1 Å². The topological polar surface area (TPSA) is 29.1 Å². The SMILES string of the molecule is CCCCCCCCCCCCCCCCCCNC(=O)/C=C/c1ccccc1. The number of carbonyl (C=O) groups excluding carboxylic acids is 1. The Bertz CT molecular complexity index is 509. The molecule has 0 heterocycles. The van der Waals surface area contributed by atoms with Crippen molar-refractivity contribution in [3.8, 4) is 0 Å². The van der Waals surface area contributed by atoms with Crippen LogP contribution in [0.15, 0.2) is 36.4 Å². The maximum Gasteiger partial charge on any atom is 0.243 e. The third kappa shape index (κ3) is 17.0. The van der Waals surface area contributed by atoms with Gasteiger partial charge in [-0.15, -0.1) is 0 Å². The van der Waals surface area contributed by atoms with Gasteiger partial charge in [0.2, 0.25) is 5.91 Å². The molecule has 1 N–H and O–H groups in total. The molecule has 0 unspecified atom stereocenters. The Morgan fingerprint density at radius 3 is 1.62 bits per heavy atom. The summed E-state index contributed by atoms with van der Waals surface area (Å²) in [5, 5.41) is 2.98. The lowest BCUT2D eigenvalue weighted by Crippen LogP contribution is -2.21. The molecule has 0 saturated heterocycles. The van der Waals surface area contributed by atoms with E-state index in [9.17, 15) is 4.79 Å². The number of rotatable bonds is 19. The van der Waals surface area contributed by atoms with Gasteiger partial charge < -0.3 is 5.32 Å². The minimum atomic E-state index is 0.00909. The van der Waals surface area contributed by atoms with Gasteiger partial charge in [-0.3, -0.25) is 4.79 Å². The zero-order valence-corrected chi connectivity index (χ0v) is 19.0. The molecule has 2 heteroatoms. The minimum Gasteiger partial charge on any atom is -0.353 e. The Kier molecular flexibility index (Phi) is 17.3. The van der Waals surface area contributed by atoms with Crippen LogP contribution in [-0.2, 0) is 4.79 Å². The standard InChI is InChI=1S/C27H45NO/c1-2-3-4-5-6-7-8-9-10-11-12-13-14-15-16-20-25-28-27(29)24-23-26-21-18-17-19-22-26/h17-19,21-24H,2-16,20,25H2,1H3,(H,28,29)/b24-23+. The summed E-state index contributed by atoms with van der Waals surface area (Å²) >= 11 is 0. The number of hydrogen-bond donors (Lipinski definition) is 1. The normalized spacial score (nSPS) is 11.2. The summed E-state index contributed by atoms with van der Waals surface area (Å²) in [5.74, 6) is 0.00909. The summed E-state index contributed by atoms with van der Waals surface area (Å²) in [5.41, 5.74) is 1.06. The van der Waals surface area contributed by atoms with Gasteiger partial charge in [-0.2, -0.15) is 0 Å². The molecule has 1 amide bonds. The van der Waals surface area contributed by atoms with Crippen LogP contribution in [0.3, 0.4) is 0 Å². The summed E-state index contributed by atoms with van der Waals surface area (Å²) in [7, 11) is 0. The molecule has 29 heavy (non-hydrogen) atoms. The largest absolute Gasteiger partial charge is 0.353 e. The first-order valence-electron chi connectivity index (χ1n) is 12.3. The average molecular weight is 400 g/mol. The molecule has 1 aromatic carbocycles. The molecule has 0 aliphatic heterocycles. The molecule has 0 aliphatic carbocycles. The van der Waals surface area contributed by atoms with Crippen molar-refractivity contribution in [3.05, 3.63) is 42.0 Å². The van der Waals surface area contributed by atoms with E-state index in [4.69, 9.17) is 0 Å². The van der Waals surface area contributed by atoms with Gasteiger partial charge in [0.05, 0.1) is 0 Å². The van der Waals surface area contributed by atoms with Crippen LogP contribution in [0.5, 0.6) is 0 Å². The quantitative estimate of drug-likeness (QED) is 0.185. The predicted molar refractivity (Wildman–Crippen MR) is 128 cm³/mol. The number of carbonyl (C=O) groups is 1. The molecule has 0 aliphatic rings. The van der Waals surface area contributed by atoms with E-state index in [0.29, 0.717) is 0 Å². The van der Waals surface area contributed by atoms with Gasteiger partial charge in [-0.25, -0.2) is 0 Å². The maximum absolute atomic E-state index is 11.8. The summed E-state index contributed by atoms with van der Waals surface area (Å²) in [6.07, 6.45) is 25.5. The summed E-state index contributed by atoms with van der Waals surface area (Å²) in [6, 6.07) is 9.94. The van der Waals surface area contributed by atoms with E-state index in [1.165, 1.54) is 96.3 Å². The van der Waals surface area contributed by atoms with Crippen molar-refractivity contribution >= 4 is 12.0 Å². The highest BCUT2D eigenvalue weighted by Crippen LogP contribution is 2.13. The van der Waals surface area contributed by atoms with Crippen LogP contribution in [0.2, 0.25) is 0 Å². The van der Waals surface area contributed by atoms with Crippen LogP contribution < -0.4 is 5.32 Å². The fourth-order valence-corrected chi connectivity index (χ4v) is 3.68. The lowest BCUT2D eigenvalue weighted by molar-refractivity contribution is -0.116. The molecule has 0 saturated carbocycles. The molecule has 0 bridgehead atoms. The molecule has 0 radical (unpaired) electrons. The smallest absolute Gasteiger partial charge is 0.243 e. The molecule has 1 aromatic rings. The Labute approximate surface area is 180 Å². The summed E-state index contributed by atoms with van der Waals surface area (Å²) in [6.45, 7) is 3.07. The van der Waals surface area contributed by atoms with Gasteiger partial charge in [0.25, 0.3) is 0 Å². The van der Waals surface area contributed by atoms with Crippen molar-refractivity contribution in [2.45, 2.75) is 110 Å². The van der Waals surface area contributed by atoms with Crippen LogP contribution >= 0.6 is 0 Å². The lowest BCUT2D eigenvalue weighted by atomic mass is 10.0. The number of amides is 1. The van der Waals surface area contributed by atoms with Crippen LogP contribution in [0, 0.1) is 0 Å². The fraction of sp³-hybridized carbons (Fsp3) is 0.667. The maximum atomic E-state index is 11.8. The molecule has 0 atom stereocenters. The zero-order chi connectivity index (χ0) is 20.8. The van der Waals surface area contributed by atoms with Gasteiger partial charge in [-0.1, -0.05) is 134 Å². The van der Waals surface area contributed by atoms with Gasteiger partial charge >= 0.3 is 0 Å². The second kappa shape index (κ2) is 19.7. The first kappa shape index (κ1) is 25.5. The van der Waals surface area contributed by atoms with Crippen LogP contribution in [0.1, 0.15) is 115 Å². The van der Waals surface area contributed by atoms with E-state index < -0.39 is 0 Å². The van der Waals surface area contributed by atoms with Crippen molar-refractivity contribution in [2.75, 3.05) is 6.54 Å². The second-order valence-electron chi connectivity index (χ2n) is 8.34. The highest BCUT2D eigenvalue weighted by atomic mass is 16.1. The van der Waals surface area contributed by atoms with Crippen molar-refractivity contribution in [1.82, 2.24) is 5.32 Å². The Hall–Kier alpha value is -1.57. The fourth-order valence-electron chi connectivity index (χ4n) is 3.68. The first-order valence-corrected chi connectivity index (χ1v) is 12.3. The molecule has 0 spiro atoms. The molecule has 2 nitrogen and oxygen atoms in total. The van der Waals surface area contributed by atoms with Crippen LogP contribution in [0.4, 0.5) is 0 Å². The third-order valence-electron chi connectivity index (χ3n) is 5.56. The van der Waals surface area contributed by atoms with E-state index >= 15 is 0 Å². The van der Waals surface area contributed by atoms with Crippen molar-refractivity contribution in [2.24, 2.45) is 0 Å². The van der Waals surface area contributed by atoms with Crippen molar-refractivity contribution < 1.29 is 4.79 Å². The van der Waals surface area contributed by atoms with E-state index in [-0.39, 0.29) is 5.91 Å². The Morgan fingerprint density at radius 1 is 0.690 bits per heavy atom. The number of nitrogens with one attached hydrogen (secondary N) is 1. The van der Waals surface area contributed by atoms with Crippen molar-refractivity contribution in [3.63, 3.8) is 0 Å². The number of benzene rings is 1. The molecular weight excluding hydrogens is 354 g/mol. The highest BCUT2D eigenvalue weighted by Gasteiger charge is 1.96. The molecular formula is C27H45NO.